The number of rotatable bonds is 2. The van der Waals surface area contributed by atoms with E-state index in [1.807, 2.05) is 19.9 Å². The van der Waals surface area contributed by atoms with Crippen molar-refractivity contribution >= 4 is 21.8 Å². The Kier molecular flexibility index (Phi) is 4.38. The van der Waals surface area contributed by atoms with Gasteiger partial charge in [0.1, 0.15) is 6.17 Å². The van der Waals surface area contributed by atoms with E-state index in [9.17, 15) is 19.2 Å². The lowest BCUT2D eigenvalue weighted by molar-refractivity contribution is 0.435. The van der Waals surface area contributed by atoms with Crippen LogP contribution in [0.1, 0.15) is 24.2 Å². The Morgan fingerprint density at radius 3 is 1.80 bits per heavy atom. The molecule has 4 rings (SSSR count). The quantitative estimate of drug-likeness (QED) is 0.503. The largest absolute Gasteiger partial charge is 0.332 e. The second kappa shape index (κ2) is 6.69. The molecule has 0 N–H and O–H groups in total. The molecule has 8 heteroatoms. The summed E-state index contributed by atoms with van der Waals surface area (Å²) in [7, 11) is 2.83. The second-order valence-electron chi connectivity index (χ2n) is 7.71. The third-order valence-electron chi connectivity index (χ3n) is 5.63. The maximum atomic E-state index is 13.1. The Bertz CT molecular complexity index is 1580. The van der Waals surface area contributed by atoms with Crippen molar-refractivity contribution in [3.8, 4) is 0 Å². The van der Waals surface area contributed by atoms with E-state index in [2.05, 4.69) is 0 Å². The lowest BCUT2D eigenvalue weighted by Crippen LogP contribution is -2.45. The molecule has 0 amide bonds. The lowest BCUT2D eigenvalue weighted by atomic mass is 10.1. The van der Waals surface area contributed by atoms with Gasteiger partial charge in [-0.1, -0.05) is 17.7 Å². The van der Waals surface area contributed by atoms with Gasteiger partial charge in [0.25, 0.3) is 11.1 Å². The van der Waals surface area contributed by atoms with E-state index >= 15 is 0 Å². The Labute approximate surface area is 170 Å². The minimum Gasteiger partial charge on any atom is -0.272 e. The molecule has 0 fully saturated rings. The van der Waals surface area contributed by atoms with Gasteiger partial charge in [0.15, 0.2) is 0 Å². The van der Waals surface area contributed by atoms with Crippen LogP contribution in [0.15, 0.2) is 55.6 Å². The van der Waals surface area contributed by atoms with E-state index in [-0.39, 0.29) is 0 Å². The number of aryl methyl sites for hydroxylation is 2. The normalized spacial score (nSPS) is 12.6. The molecule has 0 aliphatic carbocycles. The zero-order valence-electron chi connectivity index (χ0n) is 17.5. The van der Waals surface area contributed by atoms with Crippen LogP contribution in [-0.4, -0.2) is 18.3 Å². The molecule has 1 unspecified atom stereocenters. The van der Waals surface area contributed by atoms with Crippen molar-refractivity contribution in [2.75, 3.05) is 0 Å². The molecule has 2 heterocycles. The Hall–Kier alpha value is -3.68. The Morgan fingerprint density at radius 2 is 1.17 bits per heavy atom. The maximum absolute atomic E-state index is 13.1. The monoisotopic (exact) mass is 406 g/mol. The van der Waals surface area contributed by atoms with Gasteiger partial charge in [-0.15, -0.1) is 0 Å². The molecule has 30 heavy (non-hydrogen) atoms. The minimum absolute atomic E-state index is 0.382. The molecule has 0 saturated heterocycles. The fraction of sp³-hybridized carbons (Fsp3) is 0.273. The first kappa shape index (κ1) is 19.6. The highest BCUT2D eigenvalue weighted by molar-refractivity contribution is 5.80. The minimum atomic E-state index is -0.780. The van der Waals surface area contributed by atoms with E-state index in [1.54, 1.807) is 37.3 Å². The third-order valence-corrected chi connectivity index (χ3v) is 5.63. The molecule has 0 aliphatic rings. The molecule has 8 nitrogen and oxygen atoms in total. The highest BCUT2D eigenvalue weighted by atomic mass is 16.2. The van der Waals surface area contributed by atoms with Crippen molar-refractivity contribution in [2.24, 2.45) is 14.1 Å². The van der Waals surface area contributed by atoms with Crippen LogP contribution in [0.2, 0.25) is 0 Å². The summed E-state index contributed by atoms with van der Waals surface area (Å²) in [6.45, 7) is 5.44. The molecule has 0 radical (unpaired) electrons. The zero-order chi connectivity index (χ0) is 21.9. The second-order valence-corrected chi connectivity index (χ2v) is 7.71. The number of fused-ring (bicyclic) bond motifs is 2. The Balaban J connectivity index is 2.19. The van der Waals surface area contributed by atoms with Crippen LogP contribution in [0.4, 0.5) is 0 Å². The summed E-state index contributed by atoms with van der Waals surface area (Å²) in [6, 6.07) is 10.5. The fourth-order valence-corrected chi connectivity index (χ4v) is 3.96. The average molecular weight is 406 g/mol. The summed E-state index contributed by atoms with van der Waals surface area (Å²) in [5.41, 5.74) is 0.779. The molecule has 0 spiro atoms. The molecular formula is C22H22N4O4. The maximum Gasteiger partial charge on any atom is 0.332 e. The van der Waals surface area contributed by atoms with Crippen LogP contribution in [-0.2, 0) is 14.1 Å². The van der Waals surface area contributed by atoms with Crippen molar-refractivity contribution < 1.29 is 0 Å². The van der Waals surface area contributed by atoms with Gasteiger partial charge in [-0.2, -0.15) is 0 Å². The van der Waals surface area contributed by atoms with Crippen molar-refractivity contribution in [2.45, 2.75) is 26.9 Å². The van der Waals surface area contributed by atoms with Crippen LogP contribution in [0, 0.1) is 13.8 Å². The average Bonchev–Trinajstić information content (AvgIpc) is 2.71. The van der Waals surface area contributed by atoms with Crippen LogP contribution in [0.5, 0.6) is 0 Å². The van der Waals surface area contributed by atoms with E-state index in [0.29, 0.717) is 21.8 Å². The highest BCUT2D eigenvalue weighted by Gasteiger charge is 2.21. The number of hydrogen-bond acceptors (Lipinski definition) is 4. The van der Waals surface area contributed by atoms with Crippen molar-refractivity contribution in [1.82, 2.24) is 18.3 Å². The first-order valence-corrected chi connectivity index (χ1v) is 9.57. The number of aromatic nitrogens is 4. The van der Waals surface area contributed by atoms with E-state index < -0.39 is 28.7 Å². The summed E-state index contributed by atoms with van der Waals surface area (Å²) in [5.74, 6) is 0. The number of benzene rings is 2. The topological polar surface area (TPSA) is 88.0 Å². The first-order valence-electron chi connectivity index (χ1n) is 9.57. The third kappa shape index (κ3) is 2.67. The van der Waals surface area contributed by atoms with Gasteiger partial charge in [0.2, 0.25) is 0 Å². The van der Waals surface area contributed by atoms with Crippen LogP contribution in [0.25, 0.3) is 21.8 Å². The van der Waals surface area contributed by atoms with Gasteiger partial charge in [-0.25, -0.2) is 9.59 Å². The summed E-state index contributed by atoms with van der Waals surface area (Å²) in [6.07, 6.45) is -0.780. The Morgan fingerprint density at radius 1 is 0.667 bits per heavy atom. The van der Waals surface area contributed by atoms with E-state index in [0.717, 1.165) is 20.3 Å². The standard InChI is InChI=1S/C22H22N4O4/c1-12-7-9-17-16(10-12)20(28)24(5)21(29)25(17)14(3)26-18-11-13(2)6-8-15(18)19(27)23(4)22(26)30/h6-11,14H,1-5H3. The molecule has 1 atom stereocenters. The van der Waals surface area contributed by atoms with Gasteiger partial charge in [0, 0.05) is 14.1 Å². The molecule has 0 aliphatic heterocycles. The molecule has 0 saturated carbocycles. The number of nitrogens with zero attached hydrogens (tertiary/aromatic N) is 4. The first-order chi connectivity index (χ1) is 14.1. The SMILES string of the molecule is Cc1ccc2c(c1)c(=O)n(C)c(=O)n2C(C)n1c(=O)n(C)c(=O)c2ccc(C)cc21. The van der Waals surface area contributed by atoms with Gasteiger partial charge < -0.3 is 0 Å². The molecule has 2 aromatic heterocycles. The van der Waals surface area contributed by atoms with Gasteiger partial charge >= 0.3 is 11.4 Å². The van der Waals surface area contributed by atoms with Gasteiger partial charge in [-0.3, -0.25) is 27.9 Å². The van der Waals surface area contributed by atoms with Crippen molar-refractivity contribution in [1.29, 1.82) is 0 Å². The summed E-state index contributed by atoms with van der Waals surface area (Å²) < 4.78 is 4.92. The van der Waals surface area contributed by atoms with Crippen molar-refractivity contribution in [3.05, 3.63) is 89.2 Å². The van der Waals surface area contributed by atoms with Crippen LogP contribution >= 0.6 is 0 Å². The smallest absolute Gasteiger partial charge is 0.272 e. The fourth-order valence-electron chi connectivity index (χ4n) is 3.96. The summed E-state index contributed by atoms with van der Waals surface area (Å²) in [4.78, 5) is 51.5. The summed E-state index contributed by atoms with van der Waals surface area (Å²) >= 11 is 0. The number of hydrogen-bond donors (Lipinski definition) is 0. The van der Waals surface area contributed by atoms with Gasteiger partial charge in [-0.05, 0) is 50.6 Å². The van der Waals surface area contributed by atoms with Crippen LogP contribution < -0.4 is 22.5 Å². The van der Waals surface area contributed by atoms with Crippen molar-refractivity contribution in [3.63, 3.8) is 0 Å². The molecule has 154 valence electrons. The molecule has 2 aromatic carbocycles. The highest BCUT2D eigenvalue weighted by Crippen LogP contribution is 2.19. The predicted molar refractivity (Wildman–Crippen MR) is 116 cm³/mol. The molecule has 0 bridgehead atoms. The van der Waals surface area contributed by atoms with E-state index in [4.69, 9.17) is 0 Å². The zero-order valence-corrected chi connectivity index (χ0v) is 17.5. The lowest BCUT2D eigenvalue weighted by Gasteiger charge is -2.23. The molecular weight excluding hydrogens is 384 g/mol. The summed E-state index contributed by atoms with van der Waals surface area (Å²) in [5, 5.41) is 0.773. The van der Waals surface area contributed by atoms with E-state index in [1.165, 1.54) is 23.2 Å². The van der Waals surface area contributed by atoms with Gasteiger partial charge in [0.05, 0.1) is 21.8 Å². The van der Waals surface area contributed by atoms with Crippen LogP contribution in [0.3, 0.4) is 0 Å². The molecule has 4 aromatic rings. The predicted octanol–water partition coefficient (Wildman–Crippen LogP) is 1.40.